The minimum atomic E-state index is -0.783. The van der Waals surface area contributed by atoms with Crippen LogP contribution in [0.15, 0.2) is 12.3 Å². The number of rotatable bonds is 5. The van der Waals surface area contributed by atoms with E-state index in [1.165, 1.54) is 0 Å². The first-order valence-electron chi connectivity index (χ1n) is 7.53. The van der Waals surface area contributed by atoms with Crippen LogP contribution in [0.5, 0.6) is 0 Å². The molecular formula is C15H24N4O2. The van der Waals surface area contributed by atoms with Gasteiger partial charge < -0.3 is 10.2 Å². The van der Waals surface area contributed by atoms with E-state index in [1.54, 1.807) is 22.7 Å². The largest absolute Gasteiger partial charge is 0.340 e. The first kappa shape index (κ1) is 15.5. The predicted molar refractivity (Wildman–Crippen MR) is 79.5 cm³/mol. The van der Waals surface area contributed by atoms with Crippen molar-refractivity contribution < 1.29 is 9.59 Å². The number of nitrogens with zero attached hydrogens (tertiary/aromatic N) is 3. The molecule has 0 aliphatic carbocycles. The number of aryl methyl sites for hydroxylation is 1. The van der Waals surface area contributed by atoms with Crippen LogP contribution in [-0.2, 0) is 23.1 Å². The highest BCUT2D eigenvalue weighted by Crippen LogP contribution is 2.23. The molecule has 1 aromatic rings. The van der Waals surface area contributed by atoms with Crippen molar-refractivity contribution in [3.05, 3.63) is 18.0 Å². The van der Waals surface area contributed by atoms with Crippen LogP contribution in [0.3, 0.4) is 0 Å². The maximum atomic E-state index is 12.7. The minimum Gasteiger partial charge on any atom is -0.340 e. The normalized spacial score (nSPS) is 26.1. The smallest absolute Gasteiger partial charge is 0.248 e. The summed E-state index contributed by atoms with van der Waals surface area (Å²) in [7, 11) is 1.88. The highest BCUT2D eigenvalue weighted by molar-refractivity contribution is 5.99. The lowest BCUT2D eigenvalue weighted by Crippen LogP contribution is -2.69. The van der Waals surface area contributed by atoms with Crippen molar-refractivity contribution >= 4 is 11.8 Å². The van der Waals surface area contributed by atoms with E-state index in [1.807, 2.05) is 27.0 Å². The van der Waals surface area contributed by atoms with E-state index in [0.717, 1.165) is 5.69 Å². The number of piperazine rings is 1. The number of nitrogens with one attached hydrogen (secondary N) is 1. The molecule has 2 atom stereocenters. The Morgan fingerprint density at radius 1 is 1.38 bits per heavy atom. The average molecular weight is 292 g/mol. The third kappa shape index (κ3) is 2.80. The van der Waals surface area contributed by atoms with Crippen LogP contribution >= 0.6 is 0 Å². The third-order valence-electron chi connectivity index (χ3n) is 4.44. The second-order valence-electron chi connectivity index (χ2n) is 5.79. The van der Waals surface area contributed by atoms with Crippen molar-refractivity contribution in [1.29, 1.82) is 0 Å². The molecule has 1 fully saturated rings. The Labute approximate surface area is 125 Å². The zero-order valence-electron chi connectivity index (χ0n) is 13.2. The van der Waals surface area contributed by atoms with E-state index < -0.39 is 5.54 Å². The summed E-state index contributed by atoms with van der Waals surface area (Å²) >= 11 is 0. The van der Waals surface area contributed by atoms with Gasteiger partial charge in [0.05, 0.1) is 0 Å². The number of amides is 2. The molecule has 1 aromatic heterocycles. The highest BCUT2D eigenvalue weighted by atomic mass is 16.2. The molecule has 6 nitrogen and oxygen atoms in total. The van der Waals surface area contributed by atoms with Crippen LogP contribution in [0.2, 0.25) is 0 Å². The number of hydrogen-bond acceptors (Lipinski definition) is 3. The Hall–Kier alpha value is -1.85. The van der Waals surface area contributed by atoms with E-state index in [9.17, 15) is 9.59 Å². The Morgan fingerprint density at radius 3 is 2.62 bits per heavy atom. The summed E-state index contributed by atoms with van der Waals surface area (Å²) in [6.07, 6.45) is 3.66. The predicted octanol–water partition coefficient (Wildman–Crippen LogP) is 0.868. The van der Waals surface area contributed by atoms with Crippen LogP contribution in [-0.4, -0.2) is 44.6 Å². The first-order valence-corrected chi connectivity index (χ1v) is 7.53. The van der Waals surface area contributed by atoms with Crippen molar-refractivity contribution in [2.45, 2.75) is 51.6 Å². The van der Waals surface area contributed by atoms with E-state index in [0.29, 0.717) is 25.8 Å². The van der Waals surface area contributed by atoms with Gasteiger partial charge in [-0.2, -0.15) is 5.10 Å². The van der Waals surface area contributed by atoms with Gasteiger partial charge in [0.2, 0.25) is 11.8 Å². The molecule has 0 saturated carbocycles. The van der Waals surface area contributed by atoms with Crippen molar-refractivity contribution in [2.75, 3.05) is 6.54 Å². The number of carbonyl (C=O) groups is 2. The lowest BCUT2D eigenvalue weighted by atomic mass is 9.91. The fraction of sp³-hybridized carbons (Fsp3) is 0.667. The van der Waals surface area contributed by atoms with Crippen molar-refractivity contribution in [1.82, 2.24) is 20.0 Å². The van der Waals surface area contributed by atoms with Crippen molar-refractivity contribution in [3.63, 3.8) is 0 Å². The highest BCUT2D eigenvalue weighted by Gasteiger charge is 2.45. The fourth-order valence-corrected chi connectivity index (χ4v) is 2.79. The standard InChI is InChI=1S/C15H24N4O2/c1-5-12-13(20)17-15(3,6-2)14(21)19(12)10-8-11-7-9-16-18(11)4/h7,9,12H,5-6,8,10H2,1-4H3,(H,17,20). The van der Waals surface area contributed by atoms with Gasteiger partial charge in [0, 0.05) is 31.9 Å². The number of aromatic nitrogens is 2. The molecule has 0 bridgehead atoms. The topological polar surface area (TPSA) is 67.2 Å². The molecule has 1 saturated heterocycles. The van der Waals surface area contributed by atoms with E-state index in [4.69, 9.17) is 0 Å². The maximum Gasteiger partial charge on any atom is 0.248 e. The molecule has 21 heavy (non-hydrogen) atoms. The molecule has 2 amide bonds. The first-order chi connectivity index (χ1) is 9.92. The van der Waals surface area contributed by atoms with Gasteiger partial charge in [0.1, 0.15) is 11.6 Å². The lowest BCUT2D eigenvalue weighted by molar-refractivity contribution is -0.154. The summed E-state index contributed by atoms with van der Waals surface area (Å²) in [4.78, 5) is 26.7. The molecule has 1 aliphatic heterocycles. The molecule has 1 aliphatic rings. The summed E-state index contributed by atoms with van der Waals surface area (Å²) in [5, 5.41) is 7.01. The molecule has 116 valence electrons. The fourth-order valence-electron chi connectivity index (χ4n) is 2.79. The van der Waals surface area contributed by atoms with E-state index in [-0.39, 0.29) is 17.9 Å². The van der Waals surface area contributed by atoms with Crippen LogP contribution in [0, 0.1) is 0 Å². The SMILES string of the molecule is CCC1C(=O)NC(C)(CC)C(=O)N1CCc1ccnn1C. The second-order valence-corrected chi connectivity index (χ2v) is 5.79. The maximum absolute atomic E-state index is 12.7. The van der Waals surface area contributed by atoms with Gasteiger partial charge in [-0.1, -0.05) is 13.8 Å². The summed E-state index contributed by atoms with van der Waals surface area (Å²) in [6, 6.07) is 1.57. The second kappa shape index (κ2) is 5.87. The minimum absolute atomic E-state index is 0.0126. The molecule has 6 heteroatoms. The molecule has 1 N–H and O–H groups in total. The number of carbonyl (C=O) groups excluding carboxylic acids is 2. The Balaban J connectivity index is 2.18. The molecule has 2 unspecified atom stereocenters. The van der Waals surface area contributed by atoms with Gasteiger partial charge in [-0.25, -0.2) is 0 Å². The summed E-state index contributed by atoms with van der Waals surface area (Å²) in [5.74, 6) is -0.0370. The zero-order valence-corrected chi connectivity index (χ0v) is 13.2. The third-order valence-corrected chi connectivity index (χ3v) is 4.44. The molecule has 0 aromatic carbocycles. The van der Waals surface area contributed by atoms with Gasteiger partial charge in [-0.05, 0) is 25.8 Å². The Bertz CT molecular complexity index is 540. The zero-order chi connectivity index (χ0) is 15.6. The average Bonchev–Trinajstić information content (AvgIpc) is 2.86. The Morgan fingerprint density at radius 2 is 2.10 bits per heavy atom. The summed E-state index contributed by atoms with van der Waals surface area (Å²) in [6.45, 7) is 6.20. The van der Waals surface area contributed by atoms with Gasteiger partial charge in [-0.15, -0.1) is 0 Å². The molecule has 2 heterocycles. The molecule has 0 radical (unpaired) electrons. The van der Waals surface area contributed by atoms with Gasteiger partial charge in [-0.3, -0.25) is 14.3 Å². The Kier molecular flexibility index (Phi) is 4.34. The van der Waals surface area contributed by atoms with Gasteiger partial charge >= 0.3 is 0 Å². The molecule has 0 spiro atoms. The monoisotopic (exact) mass is 292 g/mol. The van der Waals surface area contributed by atoms with Crippen LogP contribution in [0.25, 0.3) is 0 Å². The van der Waals surface area contributed by atoms with Crippen LogP contribution in [0.1, 0.15) is 39.3 Å². The summed E-state index contributed by atoms with van der Waals surface area (Å²) in [5.41, 5.74) is 0.275. The van der Waals surface area contributed by atoms with E-state index in [2.05, 4.69) is 10.4 Å². The van der Waals surface area contributed by atoms with E-state index >= 15 is 0 Å². The quantitative estimate of drug-likeness (QED) is 0.875. The van der Waals surface area contributed by atoms with Gasteiger partial charge in [0.15, 0.2) is 0 Å². The van der Waals surface area contributed by atoms with Gasteiger partial charge in [0.25, 0.3) is 0 Å². The lowest BCUT2D eigenvalue weighted by Gasteiger charge is -2.44. The van der Waals surface area contributed by atoms with Crippen LogP contribution in [0.4, 0.5) is 0 Å². The molecule has 2 rings (SSSR count). The van der Waals surface area contributed by atoms with Crippen LogP contribution < -0.4 is 5.32 Å². The summed E-state index contributed by atoms with van der Waals surface area (Å²) < 4.78 is 1.80. The van der Waals surface area contributed by atoms with Crippen molar-refractivity contribution in [3.8, 4) is 0 Å². The number of hydrogen-bond donors (Lipinski definition) is 1. The molecular weight excluding hydrogens is 268 g/mol. The van der Waals surface area contributed by atoms with Crippen molar-refractivity contribution in [2.24, 2.45) is 7.05 Å².